The third-order valence-corrected chi connectivity index (χ3v) is 6.36. The molecule has 1 unspecified atom stereocenters. The van der Waals surface area contributed by atoms with Crippen molar-refractivity contribution >= 4 is 22.6 Å². The molecule has 0 fully saturated rings. The van der Waals surface area contributed by atoms with Crippen molar-refractivity contribution in [3.05, 3.63) is 71.8 Å². The van der Waals surface area contributed by atoms with Gasteiger partial charge in [-0.1, -0.05) is 12.1 Å². The molecule has 3 aromatic heterocycles. The molecule has 0 N–H and O–H groups in total. The van der Waals surface area contributed by atoms with Gasteiger partial charge in [-0.25, -0.2) is 14.2 Å². The Morgan fingerprint density at radius 3 is 2.53 bits per heavy atom. The Balaban J connectivity index is 1.89. The number of methoxy groups -OCH3 is 1. The minimum absolute atomic E-state index is 0.101. The molecule has 1 atom stereocenters. The monoisotopic (exact) mass is 453 g/mol. The highest BCUT2D eigenvalue weighted by Gasteiger charge is 2.25. The first-order valence-electron chi connectivity index (χ1n) is 10.2. The number of ether oxygens (including phenoxy) is 1. The lowest BCUT2D eigenvalue weighted by molar-refractivity contribution is -0.130. The molecule has 0 saturated carbocycles. The molecule has 168 valence electrons. The number of anilines is 1. The number of likely N-dealkylation sites (N-methyl/N-ethyl adjacent to an activating group) is 1. The van der Waals surface area contributed by atoms with Gasteiger partial charge in [-0.3, -0.25) is 14.1 Å². The highest BCUT2D eigenvalue weighted by Crippen LogP contribution is 2.22. The summed E-state index contributed by atoms with van der Waals surface area (Å²) in [6, 6.07) is 12.8. The zero-order valence-electron chi connectivity index (χ0n) is 18.7. The molecule has 3 aromatic rings. The summed E-state index contributed by atoms with van der Waals surface area (Å²) in [6.07, 6.45) is 3.13. The molecule has 0 aliphatic rings. The molecule has 0 bridgehead atoms. The van der Waals surface area contributed by atoms with E-state index in [0.29, 0.717) is 29.7 Å². The first-order chi connectivity index (χ1) is 15.4. The molecular weight excluding hydrogens is 426 g/mol. The van der Waals surface area contributed by atoms with Crippen LogP contribution in [0.25, 0.3) is 0 Å². The van der Waals surface area contributed by atoms with Crippen molar-refractivity contribution in [3.8, 4) is 5.88 Å². The number of aryl methyl sites for hydroxylation is 2. The number of carbonyl (C=O) groups excluding carboxylic acids is 1. The molecule has 3 heterocycles. The average Bonchev–Trinajstić information content (AvgIpc) is 2.81. The molecule has 0 saturated heterocycles. The van der Waals surface area contributed by atoms with E-state index in [1.165, 1.54) is 11.4 Å². The number of hydrogen-bond acceptors (Lipinski definition) is 6. The van der Waals surface area contributed by atoms with Crippen LogP contribution in [0.4, 0.5) is 5.69 Å². The molecular formula is C23H27N5O3S. The first kappa shape index (κ1) is 23.3. The SMILES string of the molecule is CCN(Cc1cccc(C)n1)C(=O)CN(c1ccc(OC)nc1)S(=O)c1ncccc1C. The van der Waals surface area contributed by atoms with Gasteiger partial charge in [0.15, 0.2) is 16.0 Å². The maximum Gasteiger partial charge on any atom is 0.243 e. The highest BCUT2D eigenvalue weighted by molar-refractivity contribution is 7.86. The van der Waals surface area contributed by atoms with Crippen LogP contribution in [-0.2, 0) is 22.3 Å². The van der Waals surface area contributed by atoms with Gasteiger partial charge in [-0.05, 0) is 50.6 Å². The number of aromatic nitrogens is 3. The fourth-order valence-electron chi connectivity index (χ4n) is 3.13. The van der Waals surface area contributed by atoms with E-state index in [0.717, 1.165) is 17.0 Å². The summed E-state index contributed by atoms with van der Waals surface area (Å²) in [6.45, 7) is 6.44. The summed E-state index contributed by atoms with van der Waals surface area (Å²) < 4.78 is 20.1. The second-order valence-electron chi connectivity index (χ2n) is 7.15. The predicted octanol–water partition coefficient (Wildman–Crippen LogP) is 3.07. The molecule has 32 heavy (non-hydrogen) atoms. The topological polar surface area (TPSA) is 88.5 Å². The van der Waals surface area contributed by atoms with Gasteiger partial charge in [0.1, 0.15) is 6.54 Å². The zero-order chi connectivity index (χ0) is 23.1. The van der Waals surface area contributed by atoms with Crippen molar-refractivity contribution < 1.29 is 13.7 Å². The zero-order valence-corrected chi connectivity index (χ0v) is 19.5. The van der Waals surface area contributed by atoms with E-state index in [2.05, 4.69) is 15.0 Å². The van der Waals surface area contributed by atoms with Crippen molar-refractivity contribution in [2.24, 2.45) is 0 Å². The van der Waals surface area contributed by atoms with Crippen LogP contribution in [0, 0.1) is 13.8 Å². The number of amides is 1. The van der Waals surface area contributed by atoms with Crippen LogP contribution in [0.2, 0.25) is 0 Å². The van der Waals surface area contributed by atoms with E-state index in [1.807, 2.05) is 45.0 Å². The van der Waals surface area contributed by atoms with E-state index in [4.69, 9.17) is 4.74 Å². The van der Waals surface area contributed by atoms with Crippen LogP contribution in [-0.4, -0.2) is 50.2 Å². The van der Waals surface area contributed by atoms with Crippen LogP contribution in [0.3, 0.4) is 0 Å². The maximum absolute atomic E-state index is 13.5. The molecule has 0 radical (unpaired) electrons. The molecule has 0 aliphatic carbocycles. The summed E-state index contributed by atoms with van der Waals surface area (Å²) in [5.74, 6) is 0.258. The van der Waals surface area contributed by atoms with Crippen LogP contribution < -0.4 is 9.04 Å². The highest BCUT2D eigenvalue weighted by atomic mass is 32.2. The number of nitrogens with zero attached hydrogens (tertiary/aromatic N) is 5. The molecule has 0 spiro atoms. The molecule has 0 aliphatic heterocycles. The van der Waals surface area contributed by atoms with E-state index in [9.17, 15) is 9.00 Å². The number of carbonyl (C=O) groups is 1. The summed E-state index contributed by atoms with van der Waals surface area (Å²) in [4.78, 5) is 27.9. The van der Waals surface area contributed by atoms with E-state index in [1.54, 1.807) is 35.5 Å². The Hall–Kier alpha value is -3.33. The van der Waals surface area contributed by atoms with Crippen molar-refractivity contribution in [1.29, 1.82) is 0 Å². The summed E-state index contributed by atoms with van der Waals surface area (Å²) in [5.41, 5.74) is 3.01. The number of pyridine rings is 3. The molecule has 8 nitrogen and oxygen atoms in total. The normalized spacial score (nSPS) is 11.6. The maximum atomic E-state index is 13.5. The largest absolute Gasteiger partial charge is 0.481 e. The molecule has 0 aromatic carbocycles. The second kappa shape index (κ2) is 10.8. The number of hydrogen-bond donors (Lipinski definition) is 0. The van der Waals surface area contributed by atoms with Crippen LogP contribution in [0.15, 0.2) is 59.9 Å². The van der Waals surface area contributed by atoms with E-state index >= 15 is 0 Å². The first-order valence-corrected chi connectivity index (χ1v) is 11.3. The van der Waals surface area contributed by atoms with Gasteiger partial charge in [0, 0.05) is 24.5 Å². The summed E-state index contributed by atoms with van der Waals surface area (Å²) in [5, 5.41) is 0.402. The Bertz CT molecular complexity index is 1090. The Labute approximate surface area is 190 Å². The quantitative estimate of drug-likeness (QED) is 0.495. The fraction of sp³-hybridized carbons (Fsp3) is 0.304. The van der Waals surface area contributed by atoms with Gasteiger partial charge in [0.05, 0.1) is 31.2 Å². The lowest BCUT2D eigenvalue weighted by Gasteiger charge is -2.27. The van der Waals surface area contributed by atoms with Gasteiger partial charge in [-0.15, -0.1) is 0 Å². The third-order valence-electron chi connectivity index (χ3n) is 4.86. The van der Waals surface area contributed by atoms with Gasteiger partial charge in [-0.2, -0.15) is 0 Å². The van der Waals surface area contributed by atoms with Gasteiger partial charge in [0.25, 0.3) is 0 Å². The Kier molecular flexibility index (Phi) is 7.88. The standard InChI is InChI=1S/C23H27N5O3S/c1-5-27(15-19-10-6-9-18(3)26-19)22(29)16-28(20-11-12-21(31-4)25-14-20)32(30)23-17(2)8-7-13-24-23/h6-14H,5,15-16H2,1-4H3. The summed E-state index contributed by atoms with van der Waals surface area (Å²) >= 11 is 0. The lowest BCUT2D eigenvalue weighted by Crippen LogP contribution is -2.41. The minimum Gasteiger partial charge on any atom is -0.481 e. The molecule has 3 rings (SSSR count). The molecule has 9 heteroatoms. The smallest absolute Gasteiger partial charge is 0.243 e. The Morgan fingerprint density at radius 2 is 1.91 bits per heavy atom. The van der Waals surface area contributed by atoms with Crippen LogP contribution >= 0.6 is 0 Å². The third kappa shape index (κ3) is 5.67. The van der Waals surface area contributed by atoms with Crippen molar-refractivity contribution in [1.82, 2.24) is 19.9 Å². The van der Waals surface area contributed by atoms with Crippen molar-refractivity contribution in [3.63, 3.8) is 0 Å². The molecule has 1 amide bonds. The summed E-state index contributed by atoms with van der Waals surface area (Å²) in [7, 11) is -0.178. The van der Waals surface area contributed by atoms with E-state index < -0.39 is 11.0 Å². The van der Waals surface area contributed by atoms with Crippen LogP contribution in [0.1, 0.15) is 23.9 Å². The lowest BCUT2D eigenvalue weighted by atomic mass is 10.3. The number of rotatable bonds is 9. The van der Waals surface area contributed by atoms with E-state index in [-0.39, 0.29) is 12.5 Å². The van der Waals surface area contributed by atoms with Gasteiger partial charge >= 0.3 is 0 Å². The predicted molar refractivity (Wildman–Crippen MR) is 124 cm³/mol. The van der Waals surface area contributed by atoms with Gasteiger partial charge < -0.3 is 9.64 Å². The van der Waals surface area contributed by atoms with Crippen molar-refractivity contribution in [2.75, 3.05) is 24.5 Å². The van der Waals surface area contributed by atoms with Gasteiger partial charge in [0.2, 0.25) is 11.8 Å². The van der Waals surface area contributed by atoms with Crippen molar-refractivity contribution in [2.45, 2.75) is 32.3 Å². The van der Waals surface area contributed by atoms with Crippen LogP contribution in [0.5, 0.6) is 5.88 Å². The fourth-order valence-corrected chi connectivity index (χ4v) is 4.36. The minimum atomic E-state index is -1.70. The Morgan fingerprint density at radius 1 is 1.09 bits per heavy atom. The second-order valence-corrected chi connectivity index (χ2v) is 8.47. The average molecular weight is 454 g/mol.